The Morgan fingerprint density at radius 3 is 2.37 bits per heavy atom. The lowest BCUT2D eigenvalue weighted by Gasteiger charge is -2.43. The molecule has 1 saturated heterocycles. The van der Waals surface area contributed by atoms with Gasteiger partial charge in [-0.25, -0.2) is 0 Å². The van der Waals surface area contributed by atoms with E-state index in [1.807, 2.05) is 0 Å². The molecule has 1 aliphatic heterocycles. The van der Waals surface area contributed by atoms with Crippen LogP contribution in [0.25, 0.3) is 0 Å². The van der Waals surface area contributed by atoms with Crippen molar-refractivity contribution in [3.8, 4) is 0 Å². The van der Waals surface area contributed by atoms with Crippen molar-refractivity contribution in [2.24, 2.45) is 17.1 Å². The van der Waals surface area contributed by atoms with Gasteiger partial charge in [0.2, 0.25) is 0 Å². The van der Waals surface area contributed by atoms with Crippen LogP contribution in [0.1, 0.15) is 46.5 Å². The highest BCUT2D eigenvalue weighted by Crippen LogP contribution is 2.38. The minimum Gasteiger partial charge on any atom is -0.327 e. The quantitative estimate of drug-likeness (QED) is 0.847. The van der Waals surface area contributed by atoms with E-state index < -0.39 is 0 Å². The van der Waals surface area contributed by atoms with Crippen molar-refractivity contribution >= 4 is 0 Å². The molecule has 0 aromatic heterocycles. The lowest BCUT2D eigenvalue weighted by Crippen LogP contribution is -2.51. The lowest BCUT2D eigenvalue weighted by molar-refractivity contribution is 0.0787. The van der Waals surface area contributed by atoms with E-state index in [9.17, 15) is 0 Å². The van der Waals surface area contributed by atoms with E-state index in [-0.39, 0.29) is 0 Å². The van der Waals surface area contributed by atoms with Gasteiger partial charge in [-0.2, -0.15) is 0 Å². The SMILES string of the molecule is CCCN1CCN(CC2CC(C)(C)CCC2N)CC1. The van der Waals surface area contributed by atoms with Crippen LogP contribution in [0.15, 0.2) is 0 Å². The maximum absolute atomic E-state index is 6.36. The van der Waals surface area contributed by atoms with Gasteiger partial charge in [0.05, 0.1) is 0 Å². The standard InChI is InChI=1S/C16H33N3/c1-4-7-18-8-10-19(11-9-18)13-14-12-16(2,3)6-5-15(14)17/h14-15H,4-13,17H2,1-3H3. The highest BCUT2D eigenvalue weighted by Gasteiger charge is 2.34. The fraction of sp³-hybridized carbons (Fsp3) is 1.00. The second-order valence-corrected chi connectivity index (χ2v) is 7.47. The van der Waals surface area contributed by atoms with Gasteiger partial charge in [-0.1, -0.05) is 20.8 Å². The Morgan fingerprint density at radius 2 is 1.74 bits per heavy atom. The van der Waals surface area contributed by atoms with Crippen molar-refractivity contribution in [1.82, 2.24) is 9.80 Å². The molecule has 1 aliphatic carbocycles. The first kappa shape index (κ1) is 15.3. The molecule has 3 nitrogen and oxygen atoms in total. The number of nitrogens with two attached hydrogens (primary N) is 1. The Hall–Kier alpha value is -0.120. The summed E-state index contributed by atoms with van der Waals surface area (Å²) in [7, 11) is 0. The van der Waals surface area contributed by atoms with Gasteiger partial charge in [-0.05, 0) is 43.6 Å². The number of rotatable bonds is 4. The maximum Gasteiger partial charge on any atom is 0.0110 e. The fourth-order valence-corrected chi connectivity index (χ4v) is 3.80. The summed E-state index contributed by atoms with van der Waals surface area (Å²) in [5, 5.41) is 0. The molecule has 2 fully saturated rings. The normalized spacial score (nSPS) is 33.5. The Kier molecular flexibility index (Phi) is 5.27. The first-order valence-electron chi connectivity index (χ1n) is 8.20. The van der Waals surface area contributed by atoms with Gasteiger partial charge in [0.1, 0.15) is 0 Å². The zero-order valence-electron chi connectivity index (χ0n) is 13.2. The monoisotopic (exact) mass is 267 g/mol. The number of hydrogen-bond acceptors (Lipinski definition) is 3. The topological polar surface area (TPSA) is 32.5 Å². The Morgan fingerprint density at radius 1 is 1.11 bits per heavy atom. The van der Waals surface area contributed by atoms with E-state index in [2.05, 4.69) is 30.6 Å². The zero-order valence-corrected chi connectivity index (χ0v) is 13.2. The molecule has 2 atom stereocenters. The predicted octanol–water partition coefficient (Wildman–Crippen LogP) is 2.17. The molecule has 1 saturated carbocycles. The molecule has 0 aromatic rings. The predicted molar refractivity (Wildman–Crippen MR) is 82.3 cm³/mol. The highest BCUT2D eigenvalue weighted by atomic mass is 15.3. The van der Waals surface area contributed by atoms with E-state index in [1.54, 1.807) is 0 Å². The van der Waals surface area contributed by atoms with Gasteiger partial charge in [0.25, 0.3) is 0 Å². The average molecular weight is 267 g/mol. The minimum atomic E-state index is 0.432. The van der Waals surface area contributed by atoms with Crippen LogP contribution in [-0.4, -0.2) is 55.1 Å². The molecule has 19 heavy (non-hydrogen) atoms. The van der Waals surface area contributed by atoms with Crippen LogP contribution in [0.4, 0.5) is 0 Å². The highest BCUT2D eigenvalue weighted by molar-refractivity contribution is 4.89. The molecule has 2 rings (SSSR count). The zero-order chi connectivity index (χ0) is 13.9. The molecule has 0 radical (unpaired) electrons. The van der Waals surface area contributed by atoms with Crippen LogP contribution in [-0.2, 0) is 0 Å². The molecule has 2 unspecified atom stereocenters. The Balaban J connectivity index is 1.78. The van der Waals surface area contributed by atoms with Crippen molar-refractivity contribution < 1.29 is 0 Å². The summed E-state index contributed by atoms with van der Waals surface area (Å²) in [4.78, 5) is 5.25. The summed E-state index contributed by atoms with van der Waals surface area (Å²) in [5.41, 5.74) is 6.86. The van der Waals surface area contributed by atoms with Gasteiger partial charge in [-0.3, -0.25) is 0 Å². The van der Waals surface area contributed by atoms with Crippen LogP contribution in [0.2, 0.25) is 0 Å². The van der Waals surface area contributed by atoms with Crippen molar-refractivity contribution in [2.75, 3.05) is 39.3 Å². The van der Waals surface area contributed by atoms with E-state index in [1.165, 1.54) is 65.0 Å². The smallest absolute Gasteiger partial charge is 0.0110 e. The van der Waals surface area contributed by atoms with Gasteiger partial charge in [0, 0.05) is 38.8 Å². The van der Waals surface area contributed by atoms with E-state index in [0.717, 1.165) is 0 Å². The third kappa shape index (κ3) is 4.44. The first-order chi connectivity index (χ1) is 9.00. The largest absolute Gasteiger partial charge is 0.327 e. The molecule has 3 heteroatoms. The van der Waals surface area contributed by atoms with Crippen LogP contribution >= 0.6 is 0 Å². The van der Waals surface area contributed by atoms with Crippen LogP contribution in [0.3, 0.4) is 0 Å². The molecule has 112 valence electrons. The molecule has 2 N–H and O–H groups in total. The van der Waals surface area contributed by atoms with Crippen LogP contribution in [0, 0.1) is 11.3 Å². The van der Waals surface area contributed by atoms with Gasteiger partial charge < -0.3 is 15.5 Å². The summed E-state index contributed by atoms with van der Waals surface area (Å²) in [6.45, 7) is 14.6. The fourth-order valence-electron chi connectivity index (χ4n) is 3.80. The minimum absolute atomic E-state index is 0.432. The second-order valence-electron chi connectivity index (χ2n) is 7.47. The molecular formula is C16H33N3. The molecule has 0 bridgehead atoms. The molecule has 0 amide bonds. The number of hydrogen-bond donors (Lipinski definition) is 1. The van der Waals surface area contributed by atoms with E-state index >= 15 is 0 Å². The summed E-state index contributed by atoms with van der Waals surface area (Å²) in [5.74, 6) is 0.710. The number of nitrogens with zero attached hydrogens (tertiary/aromatic N) is 2. The second kappa shape index (κ2) is 6.55. The molecular weight excluding hydrogens is 234 g/mol. The van der Waals surface area contributed by atoms with Crippen molar-refractivity contribution in [3.63, 3.8) is 0 Å². The van der Waals surface area contributed by atoms with Gasteiger partial charge in [-0.15, -0.1) is 0 Å². The average Bonchev–Trinajstić information content (AvgIpc) is 2.36. The first-order valence-corrected chi connectivity index (χ1v) is 8.20. The van der Waals surface area contributed by atoms with E-state index in [4.69, 9.17) is 5.73 Å². The maximum atomic E-state index is 6.36. The summed E-state index contributed by atoms with van der Waals surface area (Å²) in [6.07, 6.45) is 5.10. The van der Waals surface area contributed by atoms with E-state index in [0.29, 0.717) is 17.4 Å². The van der Waals surface area contributed by atoms with Crippen LogP contribution in [0.5, 0.6) is 0 Å². The van der Waals surface area contributed by atoms with Crippen LogP contribution < -0.4 is 5.73 Å². The van der Waals surface area contributed by atoms with Gasteiger partial charge in [0.15, 0.2) is 0 Å². The molecule has 1 heterocycles. The van der Waals surface area contributed by atoms with Crippen molar-refractivity contribution in [1.29, 1.82) is 0 Å². The molecule has 0 aromatic carbocycles. The third-order valence-corrected chi connectivity index (χ3v) is 5.07. The Labute approximate surface area is 119 Å². The third-order valence-electron chi connectivity index (χ3n) is 5.07. The Bertz CT molecular complexity index is 269. The summed E-state index contributed by atoms with van der Waals surface area (Å²) >= 11 is 0. The van der Waals surface area contributed by atoms with Crippen molar-refractivity contribution in [3.05, 3.63) is 0 Å². The van der Waals surface area contributed by atoms with Gasteiger partial charge >= 0.3 is 0 Å². The lowest BCUT2D eigenvalue weighted by atomic mass is 9.70. The summed E-state index contributed by atoms with van der Waals surface area (Å²) in [6, 6.07) is 0.432. The molecule has 0 spiro atoms. The molecule has 2 aliphatic rings. The summed E-state index contributed by atoms with van der Waals surface area (Å²) < 4.78 is 0. The number of piperazine rings is 1. The van der Waals surface area contributed by atoms with Crippen molar-refractivity contribution in [2.45, 2.75) is 52.5 Å².